The maximum absolute atomic E-state index is 12.5. The molecule has 1 nitrogen and oxygen atoms in total. The number of allylic oxidation sites excluding steroid dienone is 1. The molecule has 0 atom stereocenters. The van der Waals surface area contributed by atoms with E-state index in [0.717, 1.165) is 4.90 Å². The second-order valence-corrected chi connectivity index (χ2v) is 3.46. The van der Waals surface area contributed by atoms with Crippen molar-refractivity contribution in [1.82, 2.24) is 0 Å². The molecule has 0 heterocycles. The second kappa shape index (κ2) is 4.82. The maximum atomic E-state index is 12.5. The highest BCUT2D eigenvalue weighted by Crippen LogP contribution is 2.17. The average molecular weight is 196 g/mol. The van der Waals surface area contributed by atoms with Crippen LogP contribution in [0.5, 0.6) is 0 Å². The van der Waals surface area contributed by atoms with Crippen molar-refractivity contribution in [3.63, 3.8) is 0 Å². The fourth-order valence-electron chi connectivity index (χ4n) is 0.744. The molecule has 0 aliphatic rings. The molecule has 0 aromatic heterocycles. The molecule has 3 heteroatoms. The van der Waals surface area contributed by atoms with Gasteiger partial charge in [0, 0.05) is 4.90 Å². The van der Waals surface area contributed by atoms with Gasteiger partial charge in [0.25, 0.3) is 0 Å². The van der Waals surface area contributed by atoms with Gasteiger partial charge in [0.15, 0.2) is 5.78 Å². The van der Waals surface area contributed by atoms with E-state index in [4.69, 9.17) is 0 Å². The minimum atomic E-state index is -0.264. The van der Waals surface area contributed by atoms with Crippen LogP contribution in [-0.4, -0.2) is 11.5 Å². The monoisotopic (exact) mass is 196 g/mol. The molecule has 0 saturated carbocycles. The van der Waals surface area contributed by atoms with Gasteiger partial charge >= 0.3 is 0 Å². The van der Waals surface area contributed by atoms with Crippen LogP contribution in [0.15, 0.2) is 41.8 Å². The molecule has 0 radical (unpaired) electrons. The van der Waals surface area contributed by atoms with E-state index in [1.807, 2.05) is 0 Å². The van der Waals surface area contributed by atoms with Gasteiger partial charge in [-0.3, -0.25) is 4.79 Å². The van der Waals surface area contributed by atoms with Gasteiger partial charge in [-0.1, -0.05) is 6.58 Å². The van der Waals surface area contributed by atoms with Gasteiger partial charge in [-0.05, 0) is 30.3 Å². The Balaban J connectivity index is 2.50. The quantitative estimate of drug-likeness (QED) is 0.544. The highest BCUT2D eigenvalue weighted by molar-refractivity contribution is 8.00. The van der Waals surface area contributed by atoms with Crippen molar-refractivity contribution in [1.29, 1.82) is 0 Å². The summed E-state index contributed by atoms with van der Waals surface area (Å²) in [5.74, 6) is 0.0727. The summed E-state index contributed by atoms with van der Waals surface area (Å²) in [6.45, 7) is 3.36. The first-order chi connectivity index (χ1) is 6.22. The van der Waals surface area contributed by atoms with E-state index in [1.54, 1.807) is 12.1 Å². The fourth-order valence-corrected chi connectivity index (χ4v) is 1.50. The van der Waals surface area contributed by atoms with Crippen molar-refractivity contribution in [3.05, 3.63) is 42.7 Å². The number of carbonyl (C=O) groups excluding carboxylic acids is 1. The summed E-state index contributed by atoms with van der Waals surface area (Å²) in [7, 11) is 0. The van der Waals surface area contributed by atoms with Gasteiger partial charge in [0.2, 0.25) is 0 Å². The van der Waals surface area contributed by atoms with Crippen LogP contribution in [0.1, 0.15) is 0 Å². The van der Waals surface area contributed by atoms with Crippen molar-refractivity contribution in [3.8, 4) is 0 Å². The summed E-state index contributed by atoms with van der Waals surface area (Å²) in [5.41, 5.74) is 0. The fraction of sp³-hybridized carbons (Fsp3) is 0.100. The number of hydrogen-bond acceptors (Lipinski definition) is 2. The maximum Gasteiger partial charge on any atom is 0.165 e. The number of carbonyl (C=O) groups is 1. The molecule has 0 aliphatic carbocycles. The SMILES string of the molecule is C=CC(=O)CSc1ccc(F)cc1. The summed E-state index contributed by atoms with van der Waals surface area (Å²) >= 11 is 1.37. The number of hydrogen-bond donors (Lipinski definition) is 0. The van der Waals surface area contributed by atoms with Gasteiger partial charge in [-0.25, -0.2) is 4.39 Å². The summed E-state index contributed by atoms with van der Waals surface area (Å²) in [5, 5.41) is 0. The van der Waals surface area contributed by atoms with E-state index in [9.17, 15) is 9.18 Å². The summed E-state index contributed by atoms with van der Waals surface area (Å²) in [4.78, 5) is 11.7. The van der Waals surface area contributed by atoms with E-state index >= 15 is 0 Å². The van der Waals surface area contributed by atoms with Crippen molar-refractivity contribution in [2.75, 3.05) is 5.75 Å². The molecule has 0 amide bonds. The molecular formula is C10H9FOS. The molecule has 13 heavy (non-hydrogen) atoms. The lowest BCUT2D eigenvalue weighted by Crippen LogP contribution is -1.94. The minimum absolute atomic E-state index is 0.0191. The Labute approximate surface area is 80.7 Å². The van der Waals surface area contributed by atoms with Crippen LogP contribution in [0.2, 0.25) is 0 Å². The molecule has 0 N–H and O–H groups in total. The molecule has 0 saturated heterocycles. The van der Waals surface area contributed by atoms with Crippen LogP contribution in [0.4, 0.5) is 4.39 Å². The first-order valence-electron chi connectivity index (χ1n) is 3.76. The molecule has 1 rings (SSSR count). The third-order valence-electron chi connectivity index (χ3n) is 1.42. The van der Waals surface area contributed by atoms with Gasteiger partial charge in [0.05, 0.1) is 5.75 Å². The van der Waals surface area contributed by atoms with Crippen LogP contribution in [0.25, 0.3) is 0 Å². The highest BCUT2D eigenvalue weighted by Gasteiger charge is 1.98. The van der Waals surface area contributed by atoms with E-state index in [1.165, 1.54) is 30.0 Å². The molecule has 0 fully saturated rings. The van der Waals surface area contributed by atoms with Crippen LogP contribution >= 0.6 is 11.8 Å². The lowest BCUT2D eigenvalue weighted by atomic mass is 10.4. The lowest BCUT2D eigenvalue weighted by Gasteiger charge is -1.97. The Bertz CT molecular complexity index is 305. The predicted molar refractivity (Wildman–Crippen MR) is 52.3 cm³/mol. The molecular weight excluding hydrogens is 187 g/mol. The number of halogens is 1. The van der Waals surface area contributed by atoms with Crippen molar-refractivity contribution >= 4 is 17.5 Å². The first-order valence-corrected chi connectivity index (χ1v) is 4.74. The second-order valence-electron chi connectivity index (χ2n) is 2.41. The van der Waals surface area contributed by atoms with Crippen molar-refractivity contribution in [2.45, 2.75) is 4.90 Å². The van der Waals surface area contributed by atoms with Gasteiger partial charge in [-0.15, -0.1) is 11.8 Å². The van der Waals surface area contributed by atoms with Crippen molar-refractivity contribution in [2.24, 2.45) is 0 Å². The molecule has 0 spiro atoms. The number of thioether (sulfide) groups is 1. The van der Waals surface area contributed by atoms with E-state index in [2.05, 4.69) is 6.58 Å². The predicted octanol–water partition coefficient (Wildman–Crippen LogP) is 2.67. The van der Waals surface area contributed by atoms with Gasteiger partial charge < -0.3 is 0 Å². The minimum Gasteiger partial charge on any atom is -0.294 e. The van der Waals surface area contributed by atoms with Crippen LogP contribution in [0.3, 0.4) is 0 Å². The zero-order valence-electron chi connectivity index (χ0n) is 7.00. The zero-order chi connectivity index (χ0) is 9.68. The Hall–Kier alpha value is -1.09. The Morgan fingerprint density at radius 1 is 1.46 bits per heavy atom. The van der Waals surface area contributed by atoms with Crippen molar-refractivity contribution < 1.29 is 9.18 Å². The van der Waals surface area contributed by atoms with E-state index in [0.29, 0.717) is 5.75 Å². The number of rotatable bonds is 4. The summed E-state index contributed by atoms with van der Waals surface area (Å²) in [6, 6.07) is 6.05. The van der Waals surface area contributed by atoms with Crippen LogP contribution in [0, 0.1) is 5.82 Å². The molecule has 1 aromatic carbocycles. The van der Waals surface area contributed by atoms with Gasteiger partial charge in [-0.2, -0.15) is 0 Å². The third kappa shape index (κ3) is 3.42. The number of ketones is 1. The Kier molecular flexibility index (Phi) is 3.71. The van der Waals surface area contributed by atoms with Crippen LogP contribution < -0.4 is 0 Å². The highest BCUT2D eigenvalue weighted by atomic mass is 32.2. The first kappa shape index (κ1) is 9.99. The molecule has 1 aromatic rings. The summed E-state index contributed by atoms with van der Waals surface area (Å²) < 4.78 is 12.5. The largest absolute Gasteiger partial charge is 0.294 e. The topological polar surface area (TPSA) is 17.1 Å². The lowest BCUT2D eigenvalue weighted by molar-refractivity contribution is -0.112. The molecule has 0 aliphatic heterocycles. The molecule has 0 bridgehead atoms. The standard InChI is InChI=1S/C10H9FOS/c1-2-9(12)7-13-10-5-3-8(11)4-6-10/h2-6H,1,7H2. The normalized spacial score (nSPS) is 9.62. The average Bonchev–Trinajstić information content (AvgIpc) is 2.16. The Morgan fingerprint density at radius 2 is 2.08 bits per heavy atom. The van der Waals surface area contributed by atoms with E-state index in [-0.39, 0.29) is 11.6 Å². The molecule has 68 valence electrons. The number of benzene rings is 1. The smallest absolute Gasteiger partial charge is 0.165 e. The van der Waals surface area contributed by atoms with Crippen LogP contribution in [-0.2, 0) is 4.79 Å². The zero-order valence-corrected chi connectivity index (χ0v) is 7.81. The van der Waals surface area contributed by atoms with Gasteiger partial charge in [0.1, 0.15) is 5.82 Å². The third-order valence-corrected chi connectivity index (χ3v) is 2.46. The summed E-state index contributed by atoms with van der Waals surface area (Å²) in [6.07, 6.45) is 1.29. The van der Waals surface area contributed by atoms with E-state index < -0.39 is 0 Å². The Morgan fingerprint density at radius 3 is 2.62 bits per heavy atom. The molecule has 0 unspecified atom stereocenters.